The number of nitrogens with two attached hydrogens (primary N) is 1. The lowest BCUT2D eigenvalue weighted by Gasteiger charge is -2.13. The van der Waals surface area contributed by atoms with E-state index in [1.54, 1.807) is 0 Å². The van der Waals surface area contributed by atoms with Crippen molar-refractivity contribution in [2.24, 2.45) is 11.7 Å². The molecule has 0 aliphatic rings. The number of esters is 1. The van der Waals surface area contributed by atoms with Crippen molar-refractivity contribution in [1.82, 2.24) is 0 Å². The lowest BCUT2D eigenvalue weighted by Crippen LogP contribution is -2.34. The fraction of sp³-hybridized carbons (Fsp3) is 0.364. The van der Waals surface area contributed by atoms with Crippen LogP contribution in [0.2, 0.25) is 0 Å². The molecule has 82 valence electrons. The first kappa shape index (κ1) is 11.7. The van der Waals surface area contributed by atoms with E-state index in [1.165, 1.54) is 6.92 Å². The maximum Gasteiger partial charge on any atom is 0.313 e. The molecule has 15 heavy (non-hydrogen) atoms. The third-order valence-electron chi connectivity index (χ3n) is 2.11. The Labute approximate surface area is 88.7 Å². The van der Waals surface area contributed by atoms with E-state index in [1.807, 2.05) is 30.3 Å². The second-order valence-corrected chi connectivity index (χ2v) is 3.37. The number of benzene rings is 1. The minimum atomic E-state index is -1.17. The van der Waals surface area contributed by atoms with Crippen molar-refractivity contribution < 1.29 is 14.6 Å². The zero-order chi connectivity index (χ0) is 11.3. The van der Waals surface area contributed by atoms with Gasteiger partial charge in [0.05, 0.1) is 5.92 Å². The van der Waals surface area contributed by atoms with Gasteiger partial charge in [-0.3, -0.25) is 4.79 Å². The highest BCUT2D eigenvalue weighted by Crippen LogP contribution is 2.05. The number of aliphatic hydroxyl groups is 1. The van der Waals surface area contributed by atoms with Gasteiger partial charge in [-0.05, 0) is 12.5 Å². The summed E-state index contributed by atoms with van der Waals surface area (Å²) in [7, 11) is 0. The van der Waals surface area contributed by atoms with E-state index in [2.05, 4.69) is 0 Å². The third kappa shape index (κ3) is 3.69. The Morgan fingerprint density at radius 3 is 2.60 bits per heavy atom. The minimum Gasteiger partial charge on any atom is -0.460 e. The van der Waals surface area contributed by atoms with Gasteiger partial charge in [-0.2, -0.15) is 0 Å². The van der Waals surface area contributed by atoms with Crippen molar-refractivity contribution in [2.45, 2.75) is 19.8 Å². The van der Waals surface area contributed by atoms with Crippen molar-refractivity contribution in [1.29, 1.82) is 0 Å². The molecule has 1 rings (SSSR count). The summed E-state index contributed by atoms with van der Waals surface area (Å²) in [4.78, 5) is 11.3. The van der Waals surface area contributed by atoms with Gasteiger partial charge in [0.15, 0.2) is 0 Å². The summed E-state index contributed by atoms with van der Waals surface area (Å²) in [6.45, 7) is 1.73. The fourth-order valence-corrected chi connectivity index (χ4v) is 1.000. The molecule has 1 aromatic rings. The first-order chi connectivity index (χ1) is 7.11. The number of rotatable bonds is 4. The number of hydrogen-bond acceptors (Lipinski definition) is 4. The van der Waals surface area contributed by atoms with Crippen LogP contribution in [-0.4, -0.2) is 17.3 Å². The van der Waals surface area contributed by atoms with Crippen LogP contribution in [0.15, 0.2) is 30.3 Å². The van der Waals surface area contributed by atoms with Gasteiger partial charge < -0.3 is 15.6 Å². The van der Waals surface area contributed by atoms with E-state index in [9.17, 15) is 4.79 Å². The van der Waals surface area contributed by atoms with Crippen LogP contribution in [0, 0.1) is 5.92 Å². The van der Waals surface area contributed by atoms with E-state index in [0.29, 0.717) is 0 Å². The number of aliphatic hydroxyl groups excluding tert-OH is 1. The molecule has 0 saturated carbocycles. The maximum atomic E-state index is 11.3. The van der Waals surface area contributed by atoms with Crippen LogP contribution >= 0.6 is 0 Å². The van der Waals surface area contributed by atoms with Gasteiger partial charge in [0, 0.05) is 0 Å². The molecule has 4 nitrogen and oxygen atoms in total. The monoisotopic (exact) mass is 209 g/mol. The molecule has 0 unspecified atom stereocenters. The SMILES string of the molecule is C[C@H](C(=O)OCc1ccccc1)[C@H](N)O. The van der Waals surface area contributed by atoms with Crippen LogP contribution in [0.25, 0.3) is 0 Å². The van der Waals surface area contributed by atoms with Crippen molar-refractivity contribution in [2.75, 3.05) is 0 Å². The number of hydrogen-bond donors (Lipinski definition) is 2. The zero-order valence-electron chi connectivity index (χ0n) is 8.59. The predicted octanol–water partition coefficient (Wildman–Crippen LogP) is 0.643. The average Bonchev–Trinajstić information content (AvgIpc) is 2.26. The molecule has 4 heteroatoms. The largest absolute Gasteiger partial charge is 0.460 e. The molecular weight excluding hydrogens is 194 g/mol. The topological polar surface area (TPSA) is 72.5 Å². The minimum absolute atomic E-state index is 0.205. The van der Waals surface area contributed by atoms with Gasteiger partial charge in [0.2, 0.25) is 0 Å². The Bertz CT molecular complexity index is 311. The molecule has 0 aromatic heterocycles. The maximum absolute atomic E-state index is 11.3. The first-order valence-corrected chi connectivity index (χ1v) is 4.75. The Kier molecular flexibility index (Phi) is 4.27. The fourth-order valence-electron chi connectivity index (χ4n) is 1.000. The second kappa shape index (κ2) is 5.48. The number of carbonyl (C=O) groups is 1. The average molecular weight is 209 g/mol. The summed E-state index contributed by atoms with van der Waals surface area (Å²) in [6.07, 6.45) is -1.17. The molecule has 3 N–H and O–H groups in total. The van der Waals surface area contributed by atoms with Crippen LogP contribution in [0.5, 0.6) is 0 Å². The van der Waals surface area contributed by atoms with Crippen molar-refractivity contribution in [3.63, 3.8) is 0 Å². The zero-order valence-corrected chi connectivity index (χ0v) is 8.59. The van der Waals surface area contributed by atoms with E-state index >= 15 is 0 Å². The first-order valence-electron chi connectivity index (χ1n) is 4.75. The molecule has 0 bridgehead atoms. The van der Waals surface area contributed by atoms with Crippen LogP contribution in [0.3, 0.4) is 0 Å². The summed E-state index contributed by atoms with van der Waals surface area (Å²) >= 11 is 0. The summed E-state index contributed by atoms with van der Waals surface area (Å²) in [6, 6.07) is 9.33. The molecular formula is C11H15NO3. The lowest BCUT2D eigenvalue weighted by atomic mass is 10.1. The van der Waals surface area contributed by atoms with Gasteiger partial charge in [0.1, 0.15) is 12.8 Å². The van der Waals surface area contributed by atoms with Crippen LogP contribution in [0.4, 0.5) is 0 Å². The Balaban J connectivity index is 2.41. The Hall–Kier alpha value is -1.39. The van der Waals surface area contributed by atoms with Gasteiger partial charge >= 0.3 is 5.97 Å². The predicted molar refractivity (Wildman–Crippen MR) is 55.6 cm³/mol. The number of carbonyl (C=O) groups excluding carboxylic acids is 1. The molecule has 0 heterocycles. The normalized spacial score (nSPS) is 14.3. The van der Waals surface area contributed by atoms with E-state index < -0.39 is 18.1 Å². The molecule has 0 aliphatic heterocycles. The van der Waals surface area contributed by atoms with Crippen LogP contribution in [0.1, 0.15) is 12.5 Å². The van der Waals surface area contributed by atoms with Gasteiger partial charge in [0.25, 0.3) is 0 Å². The highest BCUT2D eigenvalue weighted by atomic mass is 16.5. The molecule has 0 aliphatic carbocycles. The smallest absolute Gasteiger partial charge is 0.313 e. The van der Waals surface area contributed by atoms with Gasteiger partial charge in [-0.1, -0.05) is 30.3 Å². The Morgan fingerprint density at radius 2 is 2.07 bits per heavy atom. The van der Waals surface area contributed by atoms with E-state index in [-0.39, 0.29) is 6.61 Å². The second-order valence-electron chi connectivity index (χ2n) is 3.37. The van der Waals surface area contributed by atoms with E-state index in [0.717, 1.165) is 5.56 Å². The molecule has 0 fully saturated rings. The van der Waals surface area contributed by atoms with Crippen LogP contribution < -0.4 is 5.73 Å². The quantitative estimate of drug-likeness (QED) is 0.564. The summed E-state index contributed by atoms with van der Waals surface area (Å²) in [5.74, 6) is -1.19. The highest BCUT2D eigenvalue weighted by Gasteiger charge is 2.19. The molecule has 0 radical (unpaired) electrons. The molecule has 0 saturated heterocycles. The molecule has 0 spiro atoms. The summed E-state index contributed by atoms with van der Waals surface area (Å²) in [5.41, 5.74) is 6.07. The summed E-state index contributed by atoms with van der Waals surface area (Å²) < 4.78 is 4.97. The Morgan fingerprint density at radius 1 is 1.47 bits per heavy atom. The lowest BCUT2D eigenvalue weighted by molar-refractivity contribution is -0.152. The third-order valence-corrected chi connectivity index (χ3v) is 2.11. The van der Waals surface area contributed by atoms with Gasteiger partial charge in [-0.15, -0.1) is 0 Å². The molecule has 2 atom stereocenters. The van der Waals surface area contributed by atoms with Crippen molar-refractivity contribution >= 4 is 5.97 Å². The van der Waals surface area contributed by atoms with Crippen molar-refractivity contribution in [3.8, 4) is 0 Å². The summed E-state index contributed by atoms with van der Waals surface area (Å²) in [5, 5.41) is 8.97. The molecule has 1 aromatic carbocycles. The standard InChI is InChI=1S/C11H15NO3/c1-8(10(12)13)11(14)15-7-9-5-3-2-4-6-9/h2-6,8,10,13H,7,12H2,1H3/t8-,10+/m0/s1. The van der Waals surface area contributed by atoms with Gasteiger partial charge in [-0.25, -0.2) is 0 Å². The highest BCUT2D eigenvalue weighted by molar-refractivity contribution is 5.72. The number of ether oxygens (including phenoxy) is 1. The molecule has 0 amide bonds. The van der Waals surface area contributed by atoms with Crippen LogP contribution in [-0.2, 0) is 16.1 Å². The van der Waals surface area contributed by atoms with Crippen molar-refractivity contribution in [3.05, 3.63) is 35.9 Å². The van der Waals surface area contributed by atoms with E-state index in [4.69, 9.17) is 15.6 Å².